The molecular formula is C18H22ClF3N2O2. The van der Waals surface area contributed by atoms with Crippen LogP contribution in [0.15, 0.2) is 18.2 Å². The molecular weight excluding hydrogens is 369 g/mol. The molecule has 2 amide bonds. The molecule has 0 atom stereocenters. The Bertz CT molecular complexity index is 682. The lowest BCUT2D eigenvalue weighted by molar-refractivity contribution is -0.146. The van der Waals surface area contributed by atoms with Crippen molar-refractivity contribution in [3.63, 3.8) is 0 Å². The van der Waals surface area contributed by atoms with Crippen LogP contribution in [0.3, 0.4) is 0 Å². The number of hydrogen-bond acceptors (Lipinski definition) is 2. The van der Waals surface area contributed by atoms with Gasteiger partial charge in [0.15, 0.2) is 0 Å². The molecule has 1 aliphatic rings. The predicted octanol–water partition coefficient (Wildman–Crippen LogP) is 4.73. The Labute approximate surface area is 155 Å². The minimum atomic E-state index is -4.55. The van der Waals surface area contributed by atoms with E-state index in [4.69, 9.17) is 11.6 Å². The van der Waals surface area contributed by atoms with Crippen LogP contribution in [0.5, 0.6) is 0 Å². The van der Waals surface area contributed by atoms with E-state index < -0.39 is 23.1 Å². The SMILES string of the molecule is CC(C)(C(=O)Nc1cc(C(F)(F)F)ccc1Cl)C(=O)N1CCCCCC1. The van der Waals surface area contributed by atoms with E-state index in [1.807, 2.05) is 0 Å². The van der Waals surface area contributed by atoms with E-state index in [0.717, 1.165) is 43.9 Å². The molecule has 1 fully saturated rings. The molecule has 1 aliphatic heterocycles. The molecule has 1 N–H and O–H groups in total. The van der Waals surface area contributed by atoms with Gasteiger partial charge in [0.1, 0.15) is 5.41 Å². The van der Waals surface area contributed by atoms with E-state index in [-0.39, 0.29) is 16.6 Å². The quantitative estimate of drug-likeness (QED) is 0.759. The maximum absolute atomic E-state index is 12.9. The first-order chi connectivity index (χ1) is 12.0. The van der Waals surface area contributed by atoms with Crippen LogP contribution in [0.4, 0.5) is 18.9 Å². The summed E-state index contributed by atoms with van der Waals surface area (Å²) in [7, 11) is 0. The fourth-order valence-corrected chi connectivity index (χ4v) is 3.01. The maximum atomic E-state index is 12.9. The Hall–Kier alpha value is -1.76. The number of amides is 2. The molecule has 1 aromatic rings. The summed E-state index contributed by atoms with van der Waals surface area (Å²) >= 11 is 5.91. The van der Waals surface area contributed by atoms with Gasteiger partial charge < -0.3 is 10.2 Å². The van der Waals surface area contributed by atoms with Gasteiger partial charge in [0.25, 0.3) is 0 Å². The van der Waals surface area contributed by atoms with Gasteiger partial charge in [0.05, 0.1) is 16.3 Å². The number of benzene rings is 1. The highest BCUT2D eigenvalue weighted by atomic mass is 35.5. The molecule has 144 valence electrons. The highest BCUT2D eigenvalue weighted by Crippen LogP contribution is 2.34. The molecule has 1 heterocycles. The molecule has 0 radical (unpaired) electrons. The summed E-state index contributed by atoms with van der Waals surface area (Å²) in [5.41, 5.74) is -2.50. The largest absolute Gasteiger partial charge is 0.416 e. The summed E-state index contributed by atoms with van der Waals surface area (Å²) in [6.45, 7) is 4.11. The molecule has 0 aromatic heterocycles. The fourth-order valence-electron chi connectivity index (χ4n) is 2.84. The lowest BCUT2D eigenvalue weighted by Crippen LogP contribution is -2.47. The Morgan fingerprint density at radius 1 is 1.08 bits per heavy atom. The number of halogens is 4. The van der Waals surface area contributed by atoms with Crippen molar-refractivity contribution < 1.29 is 22.8 Å². The van der Waals surface area contributed by atoms with Gasteiger partial charge in [-0.25, -0.2) is 0 Å². The second kappa shape index (κ2) is 7.86. The number of carbonyl (C=O) groups is 2. The Morgan fingerprint density at radius 3 is 2.19 bits per heavy atom. The van der Waals surface area contributed by atoms with Crippen molar-refractivity contribution in [2.24, 2.45) is 5.41 Å². The van der Waals surface area contributed by atoms with Crippen molar-refractivity contribution in [2.45, 2.75) is 45.7 Å². The van der Waals surface area contributed by atoms with Gasteiger partial charge in [-0.1, -0.05) is 24.4 Å². The number of nitrogens with zero attached hydrogens (tertiary/aromatic N) is 1. The topological polar surface area (TPSA) is 49.4 Å². The first kappa shape index (κ1) is 20.6. The van der Waals surface area contributed by atoms with Crippen LogP contribution in [-0.4, -0.2) is 29.8 Å². The average Bonchev–Trinajstić information content (AvgIpc) is 2.84. The summed E-state index contributed by atoms with van der Waals surface area (Å²) in [5, 5.41) is 2.36. The van der Waals surface area contributed by atoms with Crippen molar-refractivity contribution in [3.8, 4) is 0 Å². The first-order valence-corrected chi connectivity index (χ1v) is 8.89. The van der Waals surface area contributed by atoms with Crippen molar-refractivity contribution in [2.75, 3.05) is 18.4 Å². The summed E-state index contributed by atoms with van der Waals surface area (Å²) in [6.07, 6.45) is -0.722. The molecule has 2 rings (SSSR count). The van der Waals surface area contributed by atoms with Crippen LogP contribution in [0.1, 0.15) is 45.1 Å². The lowest BCUT2D eigenvalue weighted by Gasteiger charge is -2.30. The van der Waals surface area contributed by atoms with Gasteiger partial charge in [-0.3, -0.25) is 9.59 Å². The number of hydrogen-bond donors (Lipinski definition) is 1. The molecule has 4 nitrogen and oxygen atoms in total. The number of anilines is 1. The molecule has 0 unspecified atom stereocenters. The third-order valence-corrected chi connectivity index (χ3v) is 4.87. The van der Waals surface area contributed by atoms with E-state index in [0.29, 0.717) is 13.1 Å². The second-order valence-electron chi connectivity index (χ2n) is 6.98. The van der Waals surface area contributed by atoms with E-state index in [2.05, 4.69) is 5.32 Å². The molecule has 0 bridgehead atoms. The molecule has 1 saturated heterocycles. The minimum absolute atomic E-state index is 0.0237. The van der Waals surface area contributed by atoms with Gasteiger partial charge in [0, 0.05) is 13.1 Å². The molecule has 1 aromatic carbocycles. The Balaban J connectivity index is 2.18. The predicted molar refractivity (Wildman–Crippen MR) is 93.9 cm³/mol. The first-order valence-electron chi connectivity index (χ1n) is 8.51. The highest BCUT2D eigenvalue weighted by Gasteiger charge is 2.40. The summed E-state index contributed by atoms with van der Waals surface area (Å²) < 4.78 is 38.6. The van der Waals surface area contributed by atoms with Crippen LogP contribution >= 0.6 is 11.6 Å². The highest BCUT2D eigenvalue weighted by molar-refractivity contribution is 6.34. The zero-order chi connectivity index (χ0) is 19.5. The fraction of sp³-hybridized carbons (Fsp3) is 0.556. The maximum Gasteiger partial charge on any atom is 0.416 e. The number of rotatable bonds is 3. The third-order valence-electron chi connectivity index (χ3n) is 4.54. The van der Waals surface area contributed by atoms with E-state index in [1.165, 1.54) is 13.8 Å². The van der Waals surface area contributed by atoms with Crippen LogP contribution in [-0.2, 0) is 15.8 Å². The van der Waals surface area contributed by atoms with E-state index in [9.17, 15) is 22.8 Å². The Morgan fingerprint density at radius 2 is 1.65 bits per heavy atom. The molecule has 8 heteroatoms. The number of alkyl halides is 3. The van der Waals surface area contributed by atoms with Crippen molar-refractivity contribution in [3.05, 3.63) is 28.8 Å². The summed E-state index contributed by atoms with van der Waals surface area (Å²) in [6, 6.07) is 2.68. The van der Waals surface area contributed by atoms with Crippen molar-refractivity contribution >= 4 is 29.1 Å². The molecule has 0 saturated carbocycles. The molecule has 0 spiro atoms. The van der Waals surface area contributed by atoms with Crippen molar-refractivity contribution in [1.29, 1.82) is 0 Å². The Kier molecular flexibility index (Phi) is 6.21. The smallest absolute Gasteiger partial charge is 0.342 e. The molecule has 0 aliphatic carbocycles. The van der Waals surface area contributed by atoms with Crippen LogP contribution < -0.4 is 5.32 Å². The monoisotopic (exact) mass is 390 g/mol. The summed E-state index contributed by atoms with van der Waals surface area (Å²) in [5.74, 6) is -1.02. The van der Waals surface area contributed by atoms with Gasteiger partial charge >= 0.3 is 6.18 Å². The van der Waals surface area contributed by atoms with Crippen LogP contribution in [0.2, 0.25) is 5.02 Å². The van der Waals surface area contributed by atoms with Gasteiger partial charge in [-0.05, 0) is 44.9 Å². The van der Waals surface area contributed by atoms with Gasteiger partial charge in [0.2, 0.25) is 11.8 Å². The number of carbonyl (C=O) groups excluding carboxylic acids is 2. The number of nitrogens with one attached hydrogen (secondary N) is 1. The zero-order valence-electron chi connectivity index (χ0n) is 14.8. The third kappa shape index (κ3) is 4.69. The summed E-state index contributed by atoms with van der Waals surface area (Å²) in [4.78, 5) is 27.0. The average molecular weight is 391 g/mol. The zero-order valence-corrected chi connectivity index (χ0v) is 15.5. The normalized spacial score (nSPS) is 16.2. The number of likely N-dealkylation sites (tertiary alicyclic amines) is 1. The van der Waals surface area contributed by atoms with Gasteiger partial charge in [-0.15, -0.1) is 0 Å². The van der Waals surface area contributed by atoms with Gasteiger partial charge in [-0.2, -0.15) is 13.2 Å². The van der Waals surface area contributed by atoms with E-state index in [1.54, 1.807) is 4.90 Å². The second-order valence-corrected chi connectivity index (χ2v) is 7.39. The van der Waals surface area contributed by atoms with Crippen LogP contribution in [0, 0.1) is 5.41 Å². The minimum Gasteiger partial charge on any atom is -0.342 e. The van der Waals surface area contributed by atoms with E-state index >= 15 is 0 Å². The standard InChI is InChI=1S/C18H22ClF3N2O2/c1-17(2,16(26)24-9-5-3-4-6-10-24)15(25)23-14-11-12(18(20,21)22)7-8-13(14)19/h7-8,11H,3-6,9-10H2,1-2H3,(H,23,25). The molecule has 26 heavy (non-hydrogen) atoms. The lowest BCUT2D eigenvalue weighted by atomic mass is 9.90. The van der Waals surface area contributed by atoms with Crippen LogP contribution in [0.25, 0.3) is 0 Å². The van der Waals surface area contributed by atoms with Crippen molar-refractivity contribution in [1.82, 2.24) is 4.90 Å².